The lowest BCUT2D eigenvalue weighted by Crippen LogP contribution is -2.00. The maximum atomic E-state index is 13.1. The second-order valence-corrected chi connectivity index (χ2v) is 5.03. The maximum Gasteiger partial charge on any atom is 0.162 e. The number of anilines is 1. The average Bonchev–Trinajstić information content (AvgIpc) is 2.48. The Morgan fingerprint density at radius 3 is 2.45 bits per heavy atom. The Hall–Kier alpha value is -1.75. The lowest BCUT2D eigenvalue weighted by molar-refractivity contribution is 0.355. The second kappa shape index (κ2) is 6.61. The molecule has 0 fully saturated rings. The minimum atomic E-state index is -0.264. The van der Waals surface area contributed by atoms with Crippen molar-refractivity contribution in [2.45, 2.75) is 6.54 Å². The molecule has 5 heteroatoms. The molecule has 106 valence electrons. The van der Waals surface area contributed by atoms with E-state index in [-0.39, 0.29) is 5.82 Å². The molecule has 0 saturated heterocycles. The van der Waals surface area contributed by atoms with E-state index < -0.39 is 0 Å². The SMILES string of the molecule is COc1ccc(NCc2ccc(F)c(Br)c2)cc1OC. The first-order valence-corrected chi connectivity index (χ1v) is 6.83. The monoisotopic (exact) mass is 339 g/mol. The van der Waals surface area contributed by atoms with Crippen LogP contribution in [0.4, 0.5) is 10.1 Å². The highest BCUT2D eigenvalue weighted by Crippen LogP contribution is 2.30. The van der Waals surface area contributed by atoms with E-state index >= 15 is 0 Å². The number of nitrogens with one attached hydrogen (secondary N) is 1. The first-order chi connectivity index (χ1) is 9.63. The molecule has 20 heavy (non-hydrogen) atoms. The summed E-state index contributed by atoms with van der Waals surface area (Å²) >= 11 is 3.17. The molecule has 0 aliphatic carbocycles. The number of halogens is 2. The highest BCUT2D eigenvalue weighted by atomic mass is 79.9. The van der Waals surface area contributed by atoms with Gasteiger partial charge in [-0.2, -0.15) is 0 Å². The van der Waals surface area contributed by atoms with Gasteiger partial charge in [0, 0.05) is 18.3 Å². The molecule has 0 atom stereocenters. The molecule has 0 radical (unpaired) electrons. The van der Waals surface area contributed by atoms with E-state index in [9.17, 15) is 4.39 Å². The molecule has 3 nitrogen and oxygen atoms in total. The van der Waals surface area contributed by atoms with Gasteiger partial charge in [-0.15, -0.1) is 0 Å². The zero-order valence-electron chi connectivity index (χ0n) is 11.2. The van der Waals surface area contributed by atoms with E-state index in [0.29, 0.717) is 22.5 Å². The van der Waals surface area contributed by atoms with Crippen molar-refractivity contribution in [1.82, 2.24) is 0 Å². The standard InChI is InChI=1S/C15H15BrFNO2/c1-19-14-6-4-11(8-15(14)20-2)18-9-10-3-5-13(17)12(16)7-10/h3-8,18H,9H2,1-2H3. The summed E-state index contributed by atoms with van der Waals surface area (Å²) in [4.78, 5) is 0. The molecule has 0 bridgehead atoms. The minimum absolute atomic E-state index is 0.264. The van der Waals surface area contributed by atoms with E-state index in [1.165, 1.54) is 6.07 Å². The summed E-state index contributed by atoms with van der Waals surface area (Å²) < 4.78 is 24.0. The van der Waals surface area contributed by atoms with Crippen LogP contribution >= 0.6 is 15.9 Å². The predicted octanol–water partition coefficient (Wildman–Crippen LogP) is 4.22. The fourth-order valence-electron chi connectivity index (χ4n) is 1.80. The second-order valence-electron chi connectivity index (χ2n) is 4.17. The average molecular weight is 340 g/mol. The fraction of sp³-hybridized carbons (Fsp3) is 0.200. The van der Waals surface area contributed by atoms with E-state index in [2.05, 4.69) is 21.2 Å². The number of methoxy groups -OCH3 is 2. The van der Waals surface area contributed by atoms with Crippen LogP contribution in [0.15, 0.2) is 40.9 Å². The Morgan fingerprint density at radius 1 is 1.05 bits per heavy atom. The lowest BCUT2D eigenvalue weighted by Gasteiger charge is -2.11. The quantitative estimate of drug-likeness (QED) is 0.884. The van der Waals surface area contributed by atoms with Gasteiger partial charge in [-0.1, -0.05) is 6.07 Å². The van der Waals surface area contributed by atoms with Crippen molar-refractivity contribution in [3.05, 3.63) is 52.3 Å². The topological polar surface area (TPSA) is 30.5 Å². The van der Waals surface area contributed by atoms with Crippen LogP contribution in [0.1, 0.15) is 5.56 Å². The van der Waals surface area contributed by atoms with E-state index in [1.54, 1.807) is 26.4 Å². The van der Waals surface area contributed by atoms with Gasteiger partial charge in [-0.25, -0.2) is 4.39 Å². The van der Waals surface area contributed by atoms with E-state index in [0.717, 1.165) is 11.3 Å². The third-order valence-corrected chi connectivity index (χ3v) is 3.47. The van der Waals surface area contributed by atoms with Crippen LogP contribution in [-0.2, 0) is 6.54 Å². The molecule has 0 aromatic heterocycles. The number of hydrogen-bond donors (Lipinski definition) is 1. The van der Waals surface area contributed by atoms with Crippen molar-refractivity contribution in [3.63, 3.8) is 0 Å². The van der Waals surface area contributed by atoms with Crippen molar-refractivity contribution < 1.29 is 13.9 Å². The molecule has 0 unspecified atom stereocenters. The smallest absolute Gasteiger partial charge is 0.162 e. The molecular weight excluding hydrogens is 325 g/mol. The molecule has 2 aromatic carbocycles. The van der Waals surface area contributed by atoms with Crippen LogP contribution in [-0.4, -0.2) is 14.2 Å². The van der Waals surface area contributed by atoms with Crippen molar-refractivity contribution in [1.29, 1.82) is 0 Å². The van der Waals surface area contributed by atoms with Crippen LogP contribution in [0.25, 0.3) is 0 Å². The normalized spacial score (nSPS) is 10.2. The summed E-state index contributed by atoms with van der Waals surface area (Å²) in [6.07, 6.45) is 0. The fourth-order valence-corrected chi connectivity index (χ4v) is 2.23. The van der Waals surface area contributed by atoms with Crippen LogP contribution in [0.2, 0.25) is 0 Å². The highest BCUT2D eigenvalue weighted by Gasteiger charge is 2.05. The summed E-state index contributed by atoms with van der Waals surface area (Å²) in [6, 6.07) is 10.5. The Kier molecular flexibility index (Phi) is 4.84. The Balaban J connectivity index is 2.08. The molecule has 0 aliphatic rings. The Morgan fingerprint density at radius 2 is 1.80 bits per heavy atom. The molecule has 0 amide bonds. The predicted molar refractivity (Wildman–Crippen MR) is 81.0 cm³/mol. The number of benzene rings is 2. The zero-order valence-corrected chi connectivity index (χ0v) is 12.8. The first-order valence-electron chi connectivity index (χ1n) is 6.04. The molecule has 2 rings (SSSR count). The van der Waals surface area contributed by atoms with Crippen LogP contribution in [0, 0.1) is 5.82 Å². The van der Waals surface area contributed by atoms with Crippen molar-refractivity contribution in [2.24, 2.45) is 0 Å². The number of rotatable bonds is 5. The van der Waals surface area contributed by atoms with Gasteiger partial charge < -0.3 is 14.8 Å². The van der Waals surface area contributed by atoms with E-state index in [1.807, 2.05) is 18.2 Å². The Bertz CT molecular complexity index is 604. The Labute approximate surface area is 125 Å². The zero-order chi connectivity index (χ0) is 14.5. The van der Waals surface area contributed by atoms with Gasteiger partial charge in [-0.3, -0.25) is 0 Å². The summed E-state index contributed by atoms with van der Waals surface area (Å²) in [5.41, 5.74) is 1.89. The van der Waals surface area contributed by atoms with Gasteiger partial charge in [0.25, 0.3) is 0 Å². The molecule has 0 saturated carbocycles. The van der Waals surface area contributed by atoms with Crippen molar-refractivity contribution in [3.8, 4) is 11.5 Å². The van der Waals surface area contributed by atoms with Crippen LogP contribution in [0.3, 0.4) is 0 Å². The number of hydrogen-bond acceptors (Lipinski definition) is 3. The van der Waals surface area contributed by atoms with Gasteiger partial charge in [0.05, 0.1) is 18.7 Å². The van der Waals surface area contributed by atoms with Gasteiger partial charge in [-0.05, 0) is 45.8 Å². The van der Waals surface area contributed by atoms with Gasteiger partial charge in [0.2, 0.25) is 0 Å². The summed E-state index contributed by atoms with van der Waals surface area (Å²) in [5.74, 6) is 1.08. The molecule has 0 aliphatic heterocycles. The summed E-state index contributed by atoms with van der Waals surface area (Å²) in [5, 5.41) is 3.25. The molecule has 0 heterocycles. The van der Waals surface area contributed by atoms with Crippen LogP contribution in [0.5, 0.6) is 11.5 Å². The van der Waals surface area contributed by atoms with Gasteiger partial charge in [0.15, 0.2) is 11.5 Å². The minimum Gasteiger partial charge on any atom is -0.493 e. The largest absolute Gasteiger partial charge is 0.493 e. The highest BCUT2D eigenvalue weighted by molar-refractivity contribution is 9.10. The van der Waals surface area contributed by atoms with E-state index in [4.69, 9.17) is 9.47 Å². The lowest BCUT2D eigenvalue weighted by atomic mass is 10.2. The molecule has 1 N–H and O–H groups in total. The maximum absolute atomic E-state index is 13.1. The van der Waals surface area contributed by atoms with Crippen molar-refractivity contribution in [2.75, 3.05) is 19.5 Å². The molecule has 0 spiro atoms. The van der Waals surface area contributed by atoms with Gasteiger partial charge in [0.1, 0.15) is 5.82 Å². The summed E-state index contributed by atoms with van der Waals surface area (Å²) in [7, 11) is 3.19. The first kappa shape index (κ1) is 14.7. The number of ether oxygens (including phenoxy) is 2. The third-order valence-electron chi connectivity index (χ3n) is 2.86. The van der Waals surface area contributed by atoms with Gasteiger partial charge >= 0.3 is 0 Å². The van der Waals surface area contributed by atoms with Crippen LogP contribution < -0.4 is 14.8 Å². The third kappa shape index (κ3) is 3.42. The summed E-state index contributed by atoms with van der Waals surface area (Å²) in [6.45, 7) is 0.592. The van der Waals surface area contributed by atoms with Crippen molar-refractivity contribution >= 4 is 21.6 Å². The molecule has 2 aromatic rings. The molecular formula is C15H15BrFNO2.